The van der Waals surface area contributed by atoms with E-state index in [0.717, 1.165) is 6.42 Å². The standard InChI is InChI=1S/C13H16O7S.Na.H/c1-2-5-9-6-3-4-7-10(9)20-13(16)11(8-12(14)15)21(17,18)19;;/h3-4,6-7,11H,2,5,8H2,1H3,(H,14,15)(H,17,18,19);;. The van der Waals surface area contributed by atoms with E-state index < -0.39 is 33.7 Å². The first-order valence-corrected chi connectivity index (χ1v) is 7.73. The maximum atomic E-state index is 11.8. The quantitative estimate of drug-likeness (QED) is 0.323. The Kier molecular flexibility index (Phi) is 8.87. The van der Waals surface area contributed by atoms with Crippen molar-refractivity contribution in [3.8, 4) is 5.75 Å². The fraction of sp³-hybridized carbons (Fsp3) is 0.385. The third-order valence-electron chi connectivity index (χ3n) is 2.68. The van der Waals surface area contributed by atoms with Crippen LogP contribution in [0.1, 0.15) is 25.3 Å². The molecule has 7 nitrogen and oxygen atoms in total. The van der Waals surface area contributed by atoms with E-state index in [9.17, 15) is 18.0 Å². The number of benzene rings is 1. The summed E-state index contributed by atoms with van der Waals surface area (Å²) in [5, 5.41) is 6.47. The number of carbonyl (C=O) groups is 2. The van der Waals surface area contributed by atoms with Crippen LogP contribution < -0.4 is 4.74 Å². The van der Waals surface area contributed by atoms with Gasteiger partial charge in [0.15, 0.2) is 5.25 Å². The predicted molar refractivity (Wildman–Crippen MR) is 80.8 cm³/mol. The van der Waals surface area contributed by atoms with E-state index in [1.54, 1.807) is 18.2 Å². The first-order chi connectivity index (χ1) is 9.75. The molecule has 0 heterocycles. The molecule has 0 fully saturated rings. The molecule has 1 aromatic rings. The van der Waals surface area contributed by atoms with Crippen molar-refractivity contribution in [3.05, 3.63) is 29.8 Å². The summed E-state index contributed by atoms with van der Waals surface area (Å²) >= 11 is 0. The van der Waals surface area contributed by atoms with Gasteiger partial charge in [-0.3, -0.25) is 14.1 Å². The van der Waals surface area contributed by atoms with Crippen molar-refractivity contribution >= 4 is 51.6 Å². The van der Waals surface area contributed by atoms with E-state index in [-0.39, 0.29) is 35.3 Å². The average molecular weight is 340 g/mol. The Bertz CT molecular complexity index is 627. The zero-order valence-corrected chi connectivity index (χ0v) is 12.2. The zero-order chi connectivity index (χ0) is 16.0. The Labute approximate surface area is 150 Å². The van der Waals surface area contributed by atoms with Gasteiger partial charge in [-0.15, -0.1) is 0 Å². The van der Waals surface area contributed by atoms with Gasteiger partial charge in [-0.2, -0.15) is 8.42 Å². The van der Waals surface area contributed by atoms with Gasteiger partial charge in [0.25, 0.3) is 10.1 Å². The molecule has 0 aliphatic heterocycles. The van der Waals surface area contributed by atoms with Gasteiger partial charge in [0, 0.05) is 0 Å². The van der Waals surface area contributed by atoms with E-state index in [2.05, 4.69) is 0 Å². The molecule has 0 aliphatic carbocycles. The summed E-state index contributed by atoms with van der Waals surface area (Å²) in [6.07, 6.45) is 0.331. The summed E-state index contributed by atoms with van der Waals surface area (Å²) in [4.78, 5) is 22.4. The van der Waals surface area contributed by atoms with Crippen LogP contribution in [0, 0.1) is 0 Å². The van der Waals surface area contributed by atoms with Crippen LogP contribution in [0.15, 0.2) is 24.3 Å². The Morgan fingerprint density at radius 3 is 2.36 bits per heavy atom. The minimum atomic E-state index is -4.86. The summed E-state index contributed by atoms with van der Waals surface area (Å²) in [7, 11) is -4.86. The Balaban J connectivity index is 0.00000441. The van der Waals surface area contributed by atoms with Gasteiger partial charge >= 0.3 is 41.5 Å². The third kappa shape index (κ3) is 6.45. The summed E-state index contributed by atoms with van der Waals surface area (Å²) in [6, 6.07) is 6.53. The maximum absolute atomic E-state index is 11.8. The SMILES string of the molecule is CCCc1ccccc1OC(=O)C(CC(=O)O)S(=O)(=O)O.[NaH]. The van der Waals surface area contributed by atoms with Gasteiger partial charge in [0.1, 0.15) is 5.75 Å². The van der Waals surface area contributed by atoms with Crippen molar-refractivity contribution in [2.75, 3.05) is 0 Å². The van der Waals surface area contributed by atoms with E-state index in [1.165, 1.54) is 6.07 Å². The van der Waals surface area contributed by atoms with Crippen molar-refractivity contribution < 1.29 is 32.4 Å². The van der Waals surface area contributed by atoms with Gasteiger partial charge < -0.3 is 9.84 Å². The molecule has 1 atom stereocenters. The molecule has 0 saturated heterocycles. The van der Waals surface area contributed by atoms with Crippen LogP contribution >= 0.6 is 0 Å². The summed E-state index contributed by atoms with van der Waals surface area (Å²) in [6.45, 7) is 1.92. The number of ether oxygens (including phenoxy) is 1. The molecular formula is C13H17NaO7S. The number of carboxylic acid groups (broad SMARTS) is 1. The topological polar surface area (TPSA) is 118 Å². The molecule has 0 aliphatic rings. The fourth-order valence-electron chi connectivity index (χ4n) is 1.72. The number of rotatable bonds is 7. The van der Waals surface area contributed by atoms with Crippen LogP contribution in [-0.2, 0) is 26.1 Å². The fourth-order valence-corrected chi connectivity index (χ4v) is 2.37. The number of carbonyl (C=O) groups excluding carboxylic acids is 1. The molecule has 0 amide bonds. The van der Waals surface area contributed by atoms with Gasteiger partial charge in [-0.1, -0.05) is 31.5 Å². The molecule has 1 rings (SSSR count). The Morgan fingerprint density at radius 1 is 1.27 bits per heavy atom. The first-order valence-electron chi connectivity index (χ1n) is 6.23. The van der Waals surface area contributed by atoms with Gasteiger partial charge in [0.05, 0.1) is 6.42 Å². The summed E-state index contributed by atoms with van der Waals surface area (Å²) in [5.74, 6) is -2.69. The van der Waals surface area contributed by atoms with E-state index in [0.29, 0.717) is 12.0 Å². The van der Waals surface area contributed by atoms with E-state index >= 15 is 0 Å². The van der Waals surface area contributed by atoms with Crippen LogP contribution in [0.4, 0.5) is 0 Å². The van der Waals surface area contributed by atoms with Crippen LogP contribution in [0.25, 0.3) is 0 Å². The molecule has 0 bridgehead atoms. The average Bonchev–Trinajstić information content (AvgIpc) is 2.37. The molecule has 0 aromatic heterocycles. The van der Waals surface area contributed by atoms with Gasteiger partial charge in [-0.05, 0) is 18.1 Å². The van der Waals surface area contributed by atoms with Crippen molar-refractivity contribution in [1.82, 2.24) is 0 Å². The van der Waals surface area contributed by atoms with Crippen LogP contribution in [0.3, 0.4) is 0 Å². The molecule has 1 aromatic carbocycles. The van der Waals surface area contributed by atoms with Crippen molar-refractivity contribution in [3.63, 3.8) is 0 Å². The minimum absolute atomic E-state index is 0. The molecule has 0 spiro atoms. The molecular weight excluding hydrogens is 323 g/mol. The second-order valence-corrected chi connectivity index (χ2v) is 5.98. The predicted octanol–water partition coefficient (Wildman–Crippen LogP) is 0.627. The van der Waals surface area contributed by atoms with Gasteiger partial charge in [0.2, 0.25) is 0 Å². The Hall–Kier alpha value is -0.930. The number of hydrogen-bond donors (Lipinski definition) is 2. The summed E-state index contributed by atoms with van der Waals surface area (Å²) < 4.78 is 36.1. The van der Waals surface area contributed by atoms with Gasteiger partial charge in [-0.25, -0.2) is 0 Å². The van der Waals surface area contributed by atoms with Crippen molar-refractivity contribution in [2.24, 2.45) is 0 Å². The molecule has 1 unspecified atom stereocenters. The molecule has 22 heavy (non-hydrogen) atoms. The molecule has 2 N–H and O–H groups in total. The van der Waals surface area contributed by atoms with Crippen LogP contribution in [-0.4, -0.2) is 64.8 Å². The zero-order valence-electron chi connectivity index (χ0n) is 11.4. The number of para-hydroxylation sites is 1. The second-order valence-electron chi connectivity index (χ2n) is 4.38. The number of carboxylic acids is 1. The van der Waals surface area contributed by atoms with E-state index in [4.69, 9.17) is 14.4 Å². The van der Waals surface area contributed by atoms with Crippen LogP contribution in [0.5, 0.6) is 5.75 Å². The Morgan fingerprint density at radius 2 is 1.86 bits per heavy atom. The summed E-state index contributed by atoms with van der Waals surface area (Å²) in [5.41, 5.74) is 0.692. The molecule has 0 radical (unpaired) electrons. The number of aliphatic carboxylic acids is 1. The van der Waals surface area contributed by atoms with Crippen molar-refractivity contribution in [1.29, 1.82) is 0 Å². The second kappa shape index (κ2) is 9.26. The third-order valence-corrected chi connectivity index (χ3v) is 3.76. The molecule has 0 saturated carbocycles. The molecule has 9 heteroatoms. The van der Waals surface area contributed by atoms with E-state index in [1.807, 2.05) is 6.92 Å². The first kappa shape index (κ1) is 21.1. The monoisotopic (exact) mass is 340 g/mol. The number of aryl methyl sites for hydroxylation is 1. The number of esters is 1. The number of hydrogen-bond acceptors (Lipinski definition) is 5. The van der Waals surface area contributed by atoms with Crippen LogP contribution in [0.2, 0.25) is 0 Å². The normalized spacial score (nSPS) is 12.1. The van der Waals surface area contributed by atoms with Crippen molar-refractivity contribution in [2.45, 2.75) is 31.4 Å². The molecule has 118 valence electrons.